The molecule has 0 saturated carbocycles. The third kappa shape index (κ3) is 1.84. The summed E-state index contributed by atoms with van der Waals surface area (Å²) in [6.45, 7) is 0.976. The van der Waals surface area contributed by atoms with Gasteiger partial charge in [-0.1, -0.05) is 0 Å². The van der Waals surface area contributed by atoms with Crippen molar-refractivity contribution >= 4 is 22.4 Å². The summed E-state index contributed by atoms with van der Waals surface area (Å²) in [6, 6.07) is 2.18. The highest BCUT2D eigenvalue weighted by molar-refractivity contribution is 7.10. The van der Waals surface area contributed by atoms with Crippen LogP contribution in [0.15, 0.2) is 0 Å². The lowest BCUT2D eigenvalue weighted by Crippen LogP contribution is -2.41. The van der Waals surface area contributed by atoms with Gasteiger partial charge in [0.15, 0.2) is 5.82 Å². The predicted octanol–water partition coefficient (Wildman–Crippen LogP) is 0.948. The zero-order valence-corrected chi connectivity index (χ0v) is 9.70. The van der Waals surface area contributed by atoms with Crippen LogP contribution in [0.25, 0.3) is 0 Å². The molecular weight excluding hydrogens is 224 g/mol. The van der Waals surface area contributed by atoms with E-state index < -0.39 is 0 Å². The Labute approximate surface area is 98.3 Å². The van der Waals surface area contributed by atoms with Crippen molar-refractivity contribution in [1.82, 2.24) is 4.37 Å². The Morgan fingerprint density at radius 3 is 3.12 bits per heavy atom. The van der Waals surface area contributed by atoms with Gasteiger partial charge in [0.1, 0.15) is 16.6 Å². The van der Waals surface area contributed by atoms with Crippen molar-refractivity contribution in [2.75, 3.05) is 23.8 Å². The third-order valence-corrected chi connectivity index (χ3v) is 3.81. The molecule has 0 spiro atoms. The zero-order chi connectivity index (χ0) is 11.5. The molecule has 6 heteroatoms. The second kappa shape index (κ2) is 4.68. The molecule has 1 aliphatic heterocycles. The maximum absolute atomic E-state index is 9.32. The number of nitrogens with zero attached hydrogens (tertiary/aromatic N) is 3. The molecule has 3 N–H and O–H groups in total. The van der Waals surface area contributed by atoms with E-state index in [9.17, 15) is 5.11 Å². The third-order valence-electron chi connectivity index (χ3n) is 2.91. The van der Waals surface area contributed by atoms with Gasteiger partial charge < -0.3 is 15.7 Å². The van der Waals surface area contributed by atoms with Gasteiger partial charge in [-0.25, -0.2) is 0 Å². The first kappa shape index (κ1) is 11.2. The van der Waals surface area contributed by atoms with Crippen molar-refractivity contribution in [2.24, 2.45) is 0 Å². The highest BCUT2D eigenvalue weighted by Crippen LogP contribution is 2.33. The second-order valence-corrected chi connectivity index (χ2v) is 4.64. The van der Waals surface area contributed by atoms with Gasteiger partial charge in [-0.05, 0) is 30.8 Å². The fourth-order valence-corrected chi connectivity index (χ4v) is 2.91. The number of hydrogen-bond donors (Lipinski definition) is 2. The van der Waals surface area contributed by atoms with E-state index in [1.54, 1.807) is 0 Å². The van der Waals surface area contributed by atoms with E-state index in [0.717, 1.165) is 30.8 Å². The number of nitriles is 1. The van der Waals surface area contributed by atoms with E-state index in [1.807, 2.05) is 0 Å². The van der Waals surface area contributed by atoms with Crippen LogP contribution in [0.3, 0.4) is 0 Å². The molecule has 5 nitrogen and oxygen atoms in total. The highest BCUT2D eigenvalue weighted by Gasteiger charge is 2.26. The molecule has 1 fully saturated rings. The number of anilines is 2. The van der Waals surface area contributed by atoms with E-state index in [2.05, 4.69) is 15.3 Å². The number of piperidine rings is 1. The minimum absolute atomic E-state index is 0.0979. The zero-order valence-electron chi connectivity index (χ0n) is 8.89. The minimum atomic E-state index is 0.0979. The number of aliphatic hydroxyl groups is 1. The van der Waals surface area contributed by atoms with Gasteiger partial charge in [0, 0.05) is 6.54 Å². The van der Waals surface area contributed by atoms with Crippen LogP contribution in [-0.4, -0.2) is 28.7 Å². The summed E-state index contributed by atoms with van der Waals surface area (Å²) in [5.74, 6) is 0.296. The molecule has 1 aromatic heterocycles. The Kier molecular flexibility index (Phi) is 3.27. The van der Waals surface area contributed by atoms with Crippen molar-refractivity contribution in [3.05, 3.63) is 5.56 Å². The summed E-state index contributed by atoms with van der Waals surface area (Å²) in [7, 11) is 0. The smallest absolute Gasteiger partial charge is 0.157 e. The SMILES string of the molecule is N#Cc1c(N)nsc1N1CCCCC1CO. The van der Waals surface area contributed by atoms with E-state index in [-0.39, 0.29) is 12.6 Å². The predicted molar refractivity (Wildman–Crippen MR) is 63.3 cm³/mol. The topological polar surface area (TPSA) is 86.2 Å². The van der Waals surface area contributed by atoms with Crippen LogP contribution in [0.4, 0.5) is 10.8 Å². The Morgan fingerprint density at radius 2 is 2.44 bits per heavy atom. The van der Waals surface area contributed by atoms with E-state index in [0.29, 0.717) is 11.4 Å². The normalized spacial score (nSPS) is 20.8. The van der Waals surface area contributed by atoms with Crippen LogP contribution >= 0.6 is 11.5 Å². The fourth-order valence-electron chi connectivity index (χ4n) is 2.05. The summed E-state index contributed by atoms with van der Waals surface area (Å²) < 4.78 is 4.00. The maximum Gasteiger partial charge on any atom is 0.157 e. The summed E-state index contributed by atoms with van der Waals surface area (Å²) in [6.07, 6.45) is 3.16. The van der Waals surface area contributed by atoms with Gasteiger partial charge in [0.25, 0.3) is 0 Å². The molecule has 0 radical (unpaired) electrons. The molecule has 1 aliphatic rings. The number of rotatable bonds is 2. The summed E-state index contributed by atoms with van der Waals surface area (Å²) in [5, 5.41) is 19.2. The van der Waals surface area contributed by atoms with Crippen molar-refractivity contribution in [3.63, 3.8) is 0 Å². The van der Waals surface area contributed by atoms with Gasteiger partial charge >= 0.3 is 0 Å². The molecule has 86 valence electrons. The first-order valence-corrected chi connectivity index (χ1v) is 6.08. The van der Waals surface area contributed by atoms with Crippen LogP contribution in [-0.2, 0) is 0 Å². The van der Waals surface area contributed by atoms with E-state index >= 15 is 0 Å². The largest absolute Gasteiger partial charge is 0.394 e. The van der Waals surface area contributed by atoms with E-state index in [4.69, 9.17) is 11.0 Å². The molecule has 16 heavy (non-hydrogen) atoms. The Hall–Kier alpha value is -1.32. The molecular formula is C10H14N4OS. The molecule has 1 atom stereocenters. The van der Waals surface area contributed by atoms with Gasteiger partial charge in [0.2, 0.25) is 0 Å². The molecule has 0 bridgehead atoms. The van der Waals surface area contributed by atoms with Crippen molar-refractivity contribution in [2.45, 2.75) is 25.3 Å². The van der Waals surface area contributed by atoms with Gasteiger partial charge in [-0.15, -0.1) is 0 Å². The lowest BCUT2D eigenvalue weighted by atomic mass is 10.0. The second-order valence-electron chi connectivity index (χ2n) is 3.89. The molecule has 1 unspecified atom stereocenters. The van der Waals surface area contributed by atoms with Crippen LogP contribution < -0.4 is 10.6 Å². The monoisotopic (exact) mass is 238 g/mol. The quantitative estimate of drug-likeness (QED) is 0.801. The first-order valence-electron chi connectivity index (χ1n) is 5.30. The Bertz CT molecular complexity index is 411. The molecule has 1 aromatic rings. The Morgan fingerprint density at radius 1 is 1.62 bits per heavy atom. The first-order chi connectivity index (χ1) is 7.77. The molecule has 2 heterocycles. The average Bonchev–Trinajstić information content (AvgIpc) is 2.70. The van der Waals surface area contributed by atoms with Crippen LogP contribution in [0.1, 0.15) is 24.8 Å². The number of hydrogen-bond acceptors (Lipinski definition) is 6. The standard InChI is InChI=1S/C10H14N4OS/c11-5-8-9(12)13-16-10(8)14-4-2-1-3-7(14)6-15/h7,15H,1-4,6H2,(H2,12,13). The lowest BCUT2D eigenvalue weighted by molar-refractivity contribution is 0.240. The molecule has 1 saturated heterocycles. The summed E-state index contributed by atoms with van der Waals surface area (Å²) >= 11 is 1.24. The highest BCUT2D eigenvalue weighted by atomic mass is 32.1. The number of nitrogen functional groups attached to an aromatic ring is 1. The molecule has 2 rings (SSSR count). The molecule has 0 aliphatic carbocycles. The molecule has 0 amide bonds. The summed E-state index contributed by atoms with van der Waals surface area (Å²) in [4.78, 5) is 2.07. The van der Waals surface area contributed by atoms with Crippen molar-refractivity contribution in [1.29, 1.82) is 5.26 Å². The van der Waals surface area contributed by atoms with Crippen LogP contribution in [0.5, 0.6) is 0 Å². The number of aliphatic hydroxyl groups excluding tert-OH is 1. The van der Waals surface area contributed by atoms with Gasteiger partial charge in [0.05, 0.1) is 12.6 Å². The maximum atomic E-state index is 9.32. The van der Waals surface area contributed by atoms with Crippen molar-refractivity contribution < 1.29 is 5.11 Å². The summed E-state index contributed by atoms with van der Waals surface area (Å²) in [5.41, 5.74) is 6.08. The van der Waals surface area contributed by atoms with Crippen LogP contribution in [0, 0.1) is 11.3 Å². The lowest BCUT2D eigenvalue weighted by Gasteiger charge is -2.35. The fraction of sp³-hybridized carbons (Fsp3) is 0.600. The number of aromatic nitrogens is 1. The van der Waals surface area contributed by atoms with E-state index in [1.165, 1.54) is 11.5 Å². The van der Waals surface area contributed by atoms with Gasteiger partial charge in [-0.2, -0.15) is 9.64 Å². The van der Waals surface area contributed by atoms with Crippen LogP contribution in [0.2, 0.25) is 0 Å². The Balaban J connectivity index is 2.31. The van der Waals surface area contributed by atoms with Crippen molar-refractivity contribution in [3.8, 4) is 6.07 Å². The molecule has 0 aromatic carbocycles. The van der Waals surface area contributed by atoms with Gasteiger partial charge in [-0.3, -0.25) is 0 Å². The average molecular weight is 238 g/mol. The number of nitrogens with two attached hydrogens (primary N) is 1. The minimum Gasteiger partial charge on any atom is -0.394 e.